The van der Waals surface area contributed by atoms with E-state index in [-0.39, 0.29) is 6.61 Å². The largest absolute Gasteiger partial charge is 0.469 e. The molecule has 164 valence electrons. The maximum absolute atomic E-state index is 11.0. The van der Waals surface area contributed by atoms with Crippen molar-refractivity contribution in [1.82, 2.24) is 0 Å². The van der Waals surface area contributed by atoms with E-state index in [1.165, 1.54) is 48.8 Å². The van der Waals surface area contributed by atoms with Gasteiger partial charge in [-0.15, -0.1) is 0 Å². The minimum atomic E-state index is -4.47. The molecule has 2 aliphatic carbocycles. The second-order valence-electron chi connectivity index (χ2n) is 9.05. The summed E-state index contributed by atoms with van der Waals surface area (Å²) >= 11 is 0. The van der Waals surface area contributed by atoms with E-state index in [1.54, 1.807) is 7.11 Å². The Morgan fingerprint density at radius 2 is 2.03 bits per heavy atom. The van der Waals surface area contributed by atoms with Crippen LogP contribution in [0.15, 0.2) is 18.2 Å². The van der Waals surface area contributed by atoms with Gasteiger partial charge in [0.2, 0.25) is 0 Å². The first kappa shape index (κ1) is 22.9. The maximum atomic E-state index is 11.0. The van der Waals surface area contributed by atoms with E-state index in [4.69, 9.17) is 24.8 Å². The monoisotopic (exact) mass is 425 g/mol. The van der Waals surface area contributed by atoms with Crippen molar-refractivity contribution < 1.29 is 23.6 Å². The molecule has 1 aromatic rings. The van der Waals surface area contributed by atoms with Crippen molar-refractivity contribution in [3.05, 3.63) is 34.9 Å². The minimum absolute atomic E-state index is 0.0925. The number of aryl methyl sites for hydroxylation is 1. The summed E-state index contributed by atoms with van der Waals surface area (Å²) in [4.78, 5) is 17.9. The van der Waals surface area contributed by atoms with Crippen molar-refractivity contribution >= 4 is 7.82 Å². The molecule has 0 spiro atoms. The molecule has 0 aromatic heterocycles. The van der Waals surface area contributed by atoms with E-state index in [2.05, 4.69) is 18.2 Å². The second-order valence-corrected chi connectivity index (χ2v) is 10.3. The molecule has 0 aliphatic heterocycles. The van der Waals surface area contributed by atoms with Crippen LogP contribution < -0.4 is 5.73 Å². The van der Waals surface area contributed by atoms with Crippen LogP contribution in [0.5, 0.6) is 0 Å². The number of hydrogen-bond donors (Lipinski definition) is 3. The number of fused-ring (bicyclic) bond motifs is 1. The SMILES string of the molecule is COCCCCC[C@H]1CCc2cc([C@H]3CC[C@@](N)(COP(=O)(O)O)C3)ccc2C1. The van der Waals surface area contributed by atoms with Gasteiger partial charge in [0.05, 0.1) is 6.61 Å². The van der Waals surface area contributed by atoms with Gasteiger partial charge in [-0.3, -0.25) is 4.52 Å². The Kier molecular flexibility index (Phi) is 7.94. The summed E-state index contributed by atoms with van der Waals surface area (Å²) in [5, 5.41) is 0. The highest BCUT2D eigenvalue weighted by Crippen LogP contribution is 2.44. The highest BCUT2D eigenvalue weighted by molar-refractivity contribution is 7.46. The van der Waals surface area contributed by atoms with Gasteiger partial charge in [0.25, 0.3) is 0 Å². The van der Waals surface area contributed by atoms with Crippen LogP contribution in [0.25, 0.3) is 0 Å². The van der Waals surface area contributed by atoms with Crippen LogP contribution in [-0.4, -0.2) is 35.6 Å². The Labute approximate surface area is 174 Å². The molecule has 0 heterocycles. The van der Waals surface area contributed by atoms with E-state index in [0.717, 1.165) is 38.2 Å². The van der Waals surface area contributed by atoms with Gasteiger partial charge < -0.3 is 20.3 Å². The Morgan fingerprint density at radius 3 is 2.79 bits per heavy atom. The Balaban J connectivity index is 1.52. The van der Waals surface area contributed by atoms with Crippen molar-refractivity contribution in [3.8, 4) is 0 Å². The third-order valence-corrected chi connectivity index (χ3v) is 7.12. The zero-order chi connectivity index (χ0) is 20.9. The lowest BCUT2D eigenvalue weighted by Crippen LogP contribution is -2.41. The molecule has 1 fully saturated rings. The molecule has 1 aromatic carbocycles. The number of hydrogen-bond acceptors (Lipinski definition) is 4. The first-order chi connectivity index (χ1) is 13.8. The summed E-state index contributed by atoms with van der Waals surface area (Å²) in [5.74, 6) is 1.13. The number of nitrogens with two attached hydrogens (primary N) is 1. The number of phosphoric ester groups is 1. The highest BCUT2D eigenvalue weighted by atomic mass is 31.2. The molecule has 1 saturated carbocycles. The molecule has 0 radical (unpaired) electrons. The number of benzene rings is 1. The van der Waals surface area contributed by atoms with Crippen molar-refractivity contribution in [2.45, 2.75) is 75.7 Å². The molecule has 7 heteroatoms. The fraction of sp³-hybridized carbons (Fsp3) is 0.727. The average molecular weight is 426 g/mol. The normalized spacial score (nSPS) is 27.2. The second kappa shape index (κ2) is 10.0. The van der Waals surface area contributed by atoms with Gasteiger partial charge >= 0.3 is 7.82 Å². The molecular formula is C22H36NO5P. The van der Waals surface area contributed by atoms with Crippen molar-refractivity contribution in [2.75, 3.05) is 20.3 Å². The molecule has 29 heavy (non-hydrogen) atoms. The first-order valence-electron chi connectivity index (χ1n) is 10.9. The van der Waals surface area contributed by atoms with Gasteiger partial charge in [0, 0.05) is 19.3 Å². The topological polar surface area (TPSA) is 102 Å². The van der Waals surface area contributed by atoms with Gasteiger partial charge in [0.15, 0.2) is 0 Å². The van der Waals surface area contributed by atoms with Crippen LogP contribution in [0.4, 0.5) is 0 Å². The molecule has 0 saturated heterocycles. The third kappa shape index (κ3) is 6.88. The third-order valence-electron chi connectivity index (χ3n) is 6.66. The molecule has 4 N–H and O–H groups in total. The van der Waals surface area contributed by atoms with E-state index < -0.39 is 13.4 Å². The van der Waals surface area contributed by atoms with Crippen LogP contribution in [-0.2, 0) is 26.7 Å². The fourth-order valence-corrected chi connectivity index (χ4v) is 5.42. The summed E-state index contributed by atoms with van der Waals surface area (Å²) < 4.78 is 20.8. The number of ether oxygens (including phenoxy) is 1. The molecule has 2 aliphatic rings. The Morgan fingerprint density at radius 1 is 1.21 bits per heavy atom. The number of rotatable bonds is 10. The minimum Gasteiger partial charge on any atom is -0.385 e. The van der Waals surface area contributed by atoms with Crippen LogP contribution in [0.2, 0.25) is 0 Å². The molecule has 0 amide bonds. The van der Waals surface area contributed by atoms with Crippen LogP contribution in [0.1, 0.15) is 74.0 Å². The van der Waals surface area contributed by atoms with E-state index >= 15 is 0 Å². The molecule has 0 bridgehead atoms. The quantitative estimate of drug-likeness (QED) is 0.386. The highest BCUT2D eigenvalue weighted by Gasteiger charge is 2.38. The van der Waals surface area contributed by atoms with Gasteiger partial charge in [0.1, 0.15) is 0 Å². The molecule has 0 unspecified atom stereocenters. The smallest absolute Gasteiger partial charge is 0.385 e. The summed E-state index contributed by atoms with van der Waals surface area (Å²) in [5.41, 5.74) is 9.96. The summed E-state index contributed by atoms with van der Waals surface area (Å²) in [6.07, 6.45) is 11.0. The van der Waals surface area contributed by atoms with Crippen molar-refractivity contribution in [3.63, 3.8) is 0 Å². The molecule has 6 nitrogen and oxygen atoms in total. The van der Waals surface area contributed by atoms with Gasteiger partial charge in [-0.25, -0.2) is 4.57 Å². The zero-order valence-corrected chi connectivity index (χ0v) is 18.4. The van der Waals surface area contributed by atoms with Crippen molar-refractivity contribution in [1.29, 1.82) is 0 Å². The Hall–Kier alpha value is -0.750. The van der Waals surface area contributed by atoms with Gasteiger partial charge in [-0.05, 0) is 73.5 Å². The Bertz CT molecular complexity index is 721. The van der Waals surface area contributed by atoms with E-state index in [1.807, 2.05) is 0 Å². The number of phosphoric acid groups is 1. The average Bonchev–Trinajstić information content (AvgIpc) is 3.08. The lowest BCUT2D eigenvalue weighted by Gasteiger charge is -2.27. The first-order valence-corrected chi connectivity index (χ1v) is 12.4. The van der Waals surface area contributed by atoms with E-state index in [0.29, 0.717) is 12.3 Å². The number of unbranched alkanes of at least 4 members (excludes halogenated alkanes) is 2. The van der Waals surface area contributed by atoms with Crippen LogP contribution in [0, 0.1) is 5.92 Å². The fourth-order valence-electron chi connectivity index (χ4n) is 4.99. The van der Waals surface area contributed by atoms with Crippen LogP contribution >= 0.6 is 7.82 Å². The predicted octanol–water partition coefficient (Wildman–Crippen LogP) is 4.07. The summed E-state index contributed by atoms with van der Waals surface area (Å²) in [6.45, 7) is 0.776. The predicted molar refractivity (Wildman–Crippen MR) is 114 cm³/mol. The molecular weight excluding hydrogens is 389 g/mol. The molecule has 3 atom stereocenters. The number of methoxy groups -OCH3 is 1. The van der Waals surface area contributed by atoms with Crippen LogP contribution in [0.3, 0.4) is 0 Å². The molecule has 3 rings (SSSR count). The van der Waals surface area contributed by atoms with E-state index in [9.17, 15) is 4.57 Å². The standard InChI is InChI=1S/C22H36NO5P/c1-27-12-4-2-3-5-17-6-7-19-14-20(9-8-18(19)13-17)21-10-11-22(23,15-21)16-28-29(24,25)26/h8-9,14,17,21H,2-7,10-13,15-16,23H2,1H3,(H2,24,25,26)/t17-,21-,22-/m0/s1. The van der Waals surface area contributed by atoms with Crippen molar-refractivity contribution in [2.24, 2.45) is 11.7 Å². The lowest BCUT2D eigenvalue weighted by molar-refractivity contribution is 0.153. The summed E-state index contributed by atoms with van der Waals surface area (Å²) in [7, 11) is -2.71. The van der Waals surface area contributed by atoms with Gasteiger partial charge in [-0.2, -0.15) is 0 Å². The summed E-state index contributed by atoms with van der Waals surface area (Å²) in [6, 6.07) is 6.88. The van der Waals surface area contributed by atoms with Gasteiger partial charge in [-0.1, -0.05) is 37.5 Å². The lowest BCUT2D eigenvalue weighted by atomic mass is 9.79. The maximum Gasteiger partial charge on any atom is 0.469 e. The zero-order valence-electron chi connectivity index (χ0n) is 17.5.